The highest BCUT2D eigenvalue weighted by atomic mass is 32.1. The summed E-state index contributed by atoms with van der Waals surface area (Å²) in [5.74, 6) is 0.332. The highest BCUT2D eigenvalue weighted by Gasteiger charge is 2.30. The molecule has 0 aliphatic rings. The van der Waals surface area contributed by atoms with Crippen LogP contribution >= 0.6 is 11.3 Å². The Hall–Kier alpha value is -2.87. The highest BCUT2D eigenvalue weighted by molar-refractivity contribution is 7.14. The first kappa shape index (κ1) is 19.9. The van der Waals surface area contributed by atoms with Gasteiger partial charge in [0.05, 0.1) is 18.4 Å². The van der Waals surface area contributed by atoms with Crippen molar-refractivity contribution in [3.05, 3.63) is 65.0 Å². The van der Waals surface area contributed by atoms with Gasteiger partial charge in [-0.05, 0) is 55.5 Å². The van der Waals surface area contributed by atoms with Crippen LogP contribution in [0.1, 0.15) is 22.8 Å². The zero-order valence-corrected chi connectivity index (χ0v) is 16.0. The summed E-state index contributed by atoms with van der Waals surface area (Å²) in [5, 5.41) is 2.32. The maximum Gasteiger partial charge on any atom is 0.416 e. The van der Waals surface area contributed by atoms with E-state index >= 15 is 0 Å². The number of ether oxygens (including phenoxy) is 1. The van der Waals surface area contributed by atoms with Gasteiger partial charge in [0.25, 0.3) is 5.91 Å². The molecule has 0 saturated heterocycles. The number of aromatic nitrogens is 1. The molecule has 0 bridgehead atoms. The van der Waals surface area contributed by atoms with Gasteiger partial charge in [0.2, 0.25) is 0 Å². The number of nitrogens with zero attached hydrogens (tertiary/aromatic N) is 2. The summed E-state index contributed by atoms with van der Waals surface area (Å²) in [7, 11) is 1.59. The molecular formula is C20H17F3N2O2S. The Bertz CT molecular complexity index is 951. The molecule has 2 aromatic carbocycles. The van der Waals surface area contributed by atoms with Crippen molar-refractivity contribution in [2.45, 2.75) is 13.1 Å². The van der Waals surface area contributed by atoms with Crippen molar-refractivity contribution in [3.8, 4) is 17.0 Å². The van der Waals surface area contributed by atoms with Crippen LogP contribution in [-0.2, 0) is 6.18 Å². The van der Waals surface area contributed by atoms with E-state index in [2.05, 4.69) is 4.98 Å². The summed E-state index contributed by atoms with van der Waals surface area (Å²) in [6.45, 7) is 2.13. The number of halogens is 3. The van der Waals surface area contributed by atoms with Gasteiger partial charge in [-0.15, -0.1) is 11.3 Å². The second-order valence-corrected chi connectivity index (χ2v) is 6.70. The van der Waals surface area contributed by atoms with Crippen LogP contribution in [0.3, 0.4) is 0 Å². The Morgan fingerprint density at radius 3 is 2.29 bits per heavy atom. The fourth-order valence-electron chi connectivity index (χ4n) is 2.61. The van der Waals surface area contributed by atoms with Crippen molar-refractivity contribution in [3.63, 3.8) is 0 Å². The second-order valence-electron chi connectivity index (χ2n) is 5.87. The number of thiazole rings is 1. The van der Waals surface area contributed by atoms with E-state index in [1.807, 2.05) is 29.6 Å². The molecule has 0 atom stereocenters. The Kier molecular flexibility index (Phi) is 5.69. The molecule has 4 nitrogen and oxygen atoms in total. The van der Waals surface area contributed by atoms with E-state index in [0.717, 1.165) is 23.4 Å². The molecule has 0 radical (unpaired) electrons. The normalized spacial score (nSPS) is 11.3. The van der Waals surface area contributed by atoms with Crippen molar-refractivity contribution in [1.29, 1.82) is 0 Å². The molecule has 1 heterocycles. The lowest BCUT2D eigenvalue weighted by molar-refractivity contribution is -0.137. The summed E-state index contributed by atoms with van der Waals surface area (Å²) < 4.78 is 43.3. The van der Waals surface area contributed by atoms with Gasteiger partial charge in [-0.3, -0.25) is 9.69 Å². The number of rotatable bonds is 5. The first-order chi connectivity index (χ1) is 13.3. The van der Waals surface area contributed by atoms with E-state index < -0.39 is 17.6 Å². The van der Waals surface area contributed by atoms with E-state index in [-0.39, 0.29) is 5.56 Å². The maximum atomic E-state index is 12.8. The second kappa shape index (κ2) is 8.02. The van der Waals surface area contributed by atoms with Gasteiger partial charge in [0.15, 0.2) is 5.13 Å². The predicted molar refractivity (Wildman–Crippen MR) is 103 cm³/mol. The fraction of sp³-hybridized carbons (Fsp3) is 0.200. The molecule has 0 saturated carbocycles. The van der Waals surface area contributed by atoms with Crippen molar-refractivity contribution >= 4 is 22.4 Å². The number of methoxy groups -OCH3 is 1. The molecule has 0 N–H and O–H groups in total. The van der Waals surface area contributed by atoms with Crippen molar-refractivity contribution in [2.24, 2.45) is 0 Å². The zero-order chi connectivity index (χ0) is 20.3. The molecule has 28 heavy (non-hydrogen) atoms. The topological polar surface area (TPSA) is 42.4 Å². The van der Waals surface area contributed by atoms with Crippen LogP contribution in [0.25, 0.3) is 11.3 Å². The first-order valence-electron chi connectivity index (χ1n) is 8.42. The van der Waals surface area contributed by atoms with Gasteiger partial charge in [0, 0.05) is 23.1 Å². The van der Waals surface area contributed by atoms with E-state index in [1.54, 1.807) is 14.0 Å². The zero-order valence-electron chi connectivity index (χ0n) is 15.2. The molecule has 0 fully saturated rings. The van der Waals surface area contributed by atoms with Crippen LogP contribution in [0, 0.1) is 0 Å². The third-order valence-corrected chi connectivity index (χ3v) is 4.99. The van der Waals surface area contributed by atoms with E-state index in [9.17, 15) is 18.0 Å². The van der Waals surface area contributed by atoms with Crippen LogP contribution in [0.5, 0.6) is 5.75 Å². The minimum atomic E-state index is -4.44. The molecule has 146 valence electrons. The lowest BCUT2D eigenvalue weighted by Gasteiger charge is -2.18. The third kappa shape index (κ3) is 4.17. The lowest BCUT2D eigenvalue weighted by Crippen LogP contribution is -2.30. The summed E-state index contributed by atoms with van der Waals surface area (Å²) >= 11 is 1.30. The standard InChI is InChI=1S/C20H17F3N2O2S/c1-3-25(18(26)14-4-8-15(9-5-14)20(21,22)23)19-24-17(12-28-19)13-6-10-16(27-2)11-7-13/h4-12H,3H2,1-2H3. The predicted octanol–water partition coefficient (Wildman–Crippen LogP) is 5.50. The van der Waals surface area contributed by atoms with Crippen LogP contribution in [0.4, 0.5) is 18.3 Å². The first-order valence-corrected chi connectivity index (χ1v) is 9.30. The van der Waals surface area contributed by atoms with Crippen LogP contribution in [-0.4, -0.2) is 24.5 Å². The number of alkyl halides is 3. The molecule has 1 amide bonds. The Morgan fingerprint density at radius 2 is 1.75 bits per heavy atom. The van der Waals surface area contributed by atoms with Gasteiger partial charge >= 0.3 is 6.18 Å². The number of carbonyl (C=O) groups excluding carboxylic acids is 1. The van der Waals surface area contributed by atoms with Crippen LogP contribution < -0.4 is 9.64 Å². The summed E-state index contributed by atoms with van der Waals surface area (Å²) in [6, 6.07) is 11.6. The van der Waals surface area contributed by atoms with Crippen molar-refractivity contribution < 1.29 is 22.7 Å². The number of benzene rings is 2. The smallest absolute Gasteiger partial charge is 0.416 e. The van der Waals surface area contributed by atoms with E-state index in [0.29, 0.717) is 17.4 Å². The average Bonchev–Trinajstić information content (AvgIpc) is 3.18. The molecule has 8 heteroatoms. The van der Waals surface area contributed by atoms with Crippen LogP contribution in [0.15, 0.2) is 53.9 Å². The largest absolute Gasteiger partial charge is 0.497 e. The Morgan fingerprint density at radius 1 is 1.11 bits per heavy atom. The number of hydrogen-bond donors (Lipinski definition) is 0. The summed E-state index contributed by atoms with van der Waals surface area (Å²) in [6.07, 6.45) is -4.44. The quantitative estimate of drug-likeness (QED) is 0.562. The SMILES string of the molecule is CCN(C(=O)c1ccc(C(F)(F)F)cc1)c1nc(-c2ccc(OC)cc2)cs1. The number of hydrogen-bond acceptors (Lipinski definition) is 4. The summed E-state index contributed by atoms with van der Waals surface area (Å²) in [5.41, 5.74) is 0.974. The minimum absolute atomic E-state index is 0.177. The van der Waals surface area contributed by atoms with Gasteiger partial charge < -0.3 is 4.74 Å². The Labute approximate surface area is 164 Å². The van der Waals surface area contributed by atoms with Gasteiger partial charge in [-0.25, -0.2) is 4.98 Å². The third-order valence-electron chi connectivity index (χ3n) is 4.13. The molecule has 3 rings (SSSR count). The highest BCUT2D eigenvalue weighted by Crippen LogP contribution is 2.31. The molecular weight excluding hydrogens is 389 g/mol. The molecule has 0 aliphatic carbocycles. The number of carbonyl (C=O) groups is 1. The monoisotopic (exact) mass is 406 g/mol. The van der Waals surface area contributed by atoms with Crippen molar-refractivity contribution in [1.82, 2.24) is 4.98 Å². The van der Waals surface area contributed by atoms with Crippen molar-refractivity contribution in [2.75, 3.05) is 18.6 Å². The number of amides is 1. The van der Waals surface area contributed by atoms with Gasteiger partial charge in [-0.2, -0.15) is 13.2 Å². The Balaban J connectivity index is 1.83. The molecule has 0 unspecified atom stereocenters. The fourth-order valence-corrected chi connectivity index (χ4v) is 3.50. The molecule has 0 spiro atoms. The lowest BCUT2D eigenvalue weighted by atomic mass is 10.1. The minimum Gasteiger partial charge on any atom is -0.497 e. The van der Waals surface area contributed by atoms with E-state index in [4.69, 9.17) is 4.74 Å². The molecule has 1 aromatic heterocycles. The maximum absolute atomic E-state index is 12.8. The summed E-state index contributed by atoms with van der Waals surface area (Å²) in [4.78, 5) is 18.7. The van der Waals surface area contributed by atoms with Gasteiger partial charge in [0.1, 0.15) is 5.75 Å². The van der Waals surface area contributed by atoms with Gasteiger partial charge in [-0.1, -0.05) is 0 Å². The van der Waals surface area contributed by atoms with Crippen LogP contribution in [0.2, 0.25) is 0 Å². The molecule has 0 aliphatic heterocycles. The van der Waals surface area contributed by atoms with E-state index in [1.165, 1.54) is 28.4 Å². The number of anilines is 1. The molecule has 3 aromatic rings. The average molecular weight is 406 g/mol.